The summed E-state index contributed by atoms with van der Waals surface area (Å²) in [6.45, 7) is 9.54. The number of hydrogen-bond acceptors (Lipinski definition) is 12. The number of carbonyl (C=O) groups excluding carboxylic acids is 1. The summed E-state index contributed by atoms with van der Waals surface area (Å²) in [7, 11) is -4.45. The number of phenols is 1. The van der Waals surface area contributed by atoms with E-state index in [2.05, 4.69) is 40.6 Å². The van der Waals surface area contributed by atoms with Crippen molar-refractivity contribution in [3.05, 3.63) is 42.5 Å². The minimum Gasteiger partial charge on any atom is -0.507 e. The molecule has 1 fully saturated rings. The Morgan fingerprint density at radius 2 is 1.79 bits per heavy atom. The smallest absolute Gasteiger partial charge is 0.335 e. The van der Waals surface area contributed by atoms with Gasteiger partial charge in [-0.15, -0.1) is 0 Å². The van der Waals surface area contributed by atoms with Crippen molar-refractivity contribution in [3.63, 3.8) is 0 Å². The van der Waals surface area contributed by atoms with E-state index in [1.807, 2.05) is 0 Å². The number of fused-ring (bicyclic) bond motifs is 1. The second-order valence-corrected chi connectivity index (χ2v) is 10.6. The lowest BCUT2D eigenvalue weighted by Crippen LogP contribution is -2.33. The number of nitrogen functional groups attached to an aromatic ring is 1. The van der Waals surface area contributed by atoms with Crippen LogP contribution < -0.4 is 5.73 Å². The van der Waals surface area contributed by atoms with E-state index < -0.39 is 50.7 Å². The summed E-state index contributed by atoms with van der Waals surface area (Å²) >= 11 is 0. The third-order valence-electron chi connectivity index (χ3n) is 6.33. The first-order chi connectivity index (χ1) is 18.5. The highest BCUT2D eigenvalue weighted by molar-refractivity contribution is 7.53. The number of nitrogens with two attached hydrogens (primary N) is 1. The van der Waals surface area contributed by atoms with Crippen molar-refractivity contribution in [2.45, 2.75) is 45.3 Å². The number of ketones is 1. The number of carbonyl (C=O) groups is 1. The number of Topliss-reactive ketones (excluding diaryl/α,β-unsaturated/α-hetero) is 1. The summed E-state index contributed by atoms with van der Waals surface area (Å²) in [4.78, 5) is 36.6. The summed E-state index contributed by atoms with van der Waals surface area (Å²) in [5.74, 6) is -0.992. The number of ether oxygens (including phenoxy) is 1. The number of para-hydroxylation sites is 1. The Balaban J connectivity index is 0.000000532. The van der Waals surface area contributed by atoms with Gasteiger partial charge in [-0.25, -0.2) is 15.0 Å². The van der Waals surface area contributed by atoms with E-state index in [0.29, 0.717) is 0 Å². The first-order valence-electron chi connectivity index (χ1n) is 12.5. The fourth-order valence-electron chi connectivity index (χ4n) is 4.04. The Morgan fingerprint density at radius 1 is 1.13 bits per heavy atom. The molecule has 5 atom stereocenters. The Kier molecular flexibility index (Phi) is 10.5. The summed E-state index contributed by atoms with van der Waals surface area (Å²) in [5.41, 5.74) is 6.16. The molecule has 14 nitrogen and oxygen atoms in total. The van der Waals surface area contributed by atoms with Gasteiger partial charge in [-0.2, -0.15) is 0 Å². The Bertz CT molecular complexity index is 1300. The average molecular weight is 567 g/mol. The van der Waals surface area contributed by atoms with Crippen LogP contribution in [0.15, 0.2) is 36.9 Å². The maximum Gasteiger partial charge on any atom is 0.335 e. The molecule has 0 spiro atoms. The highest BCUT2D eigenvalue weighted by Crippen LogP contribution is 2.44. The number of aromatic hydroxyl groups is 1. The molecule has 3 aromatic rings. The van der Waals surface area contributed by atoms with Crippen LogP contribution in [0.3, 0.4) is 0 Å². The lowest BCUT2D eigenvalue weighted by molar-refractivity contribution is -0.0484. The second-order valence-electron chi connectivity index (χ2n) is 8.78. The van der Waals surface area contributed by atoms with Crippen LogP contribution in [0.25, 0.3) is 11.2 Å². The van der Waals surface area contributed by atoms with Gasteiger partial charge in [-0.3, -0.25) is 13.9 Å². The third-order valence-corrected chi connectivity index (χ3v) is 7.57. The topological polar surface area (TPSA) is 206 Å². The van der Waals surface area contributed by atoms with Crippen LogP contribution in [-0.2, 0) is 13.8 Å². The number of anilines is 1. The lowest BCUT2D eigenvalue weighted by atomic mass is 10.1. The molecule has 39 heavy (non-hydrogen) atoms. The van der Waals surface area contributed by atoms with E-state index in [1.165, 1.54) is 61.1 Å². The summed E-state index contributed by atoms with van der Waals surface area (Å²) in [6.07, 6.45) is -3.59. The normalized spacial score (nSPS) is 22.4. The molecule has 1 unspecified atom stereocenters. The molecule has 1 aromatic carbocycles. The number of benzene rings is 1. The van der Waals surface area contributed by atoms with Crippen LogP contribution in [0.2, 0.25) is 0 Å². The zero-order chi connectivity index (χ0) is 28.7. The van der Waals surface area contributed by atoms with Crippen LogP contribution in [0.4, 0.5) is 5.82 Å². The van der Waals surface area contributed by atoms with Crippen LogP contribution >= 0.6 is 7.60 Å². The van der Waals surface area contributed by atoms with Gasteiger partial charge in [0.2, 0.25) is 0 Å². The van der Waals surface area contributed by atoms with E-state index in [0.717, 1.165) is 0 Å². The van der Waals surface area contributed by atoms with Crippen LogP contribution in [0.5, 0.6) is 5.75 Å². The number of nitrogens with zero attached hydrogens (tertiary/aromatic N) is 5. The molecular weight excluding hydrogens is 531 g/mol. The second kappa shape index (κ2) is 13.4. The maximum atomic E-state index is 12.4. The van der Waals surface area contributed by atoms with Gasteiger partial charge in [0.05, 0.1) is 18.5 Å². The van der Waals surface area contributed by atoms with E-state index >= 15 is 0 Å². The Morgan fingerprint density at radius 3 is 2.41 bits per heavy atom. The number of aliphatic hydroxyl groups is 2. The van der Waals surface area contributed by atoms with Gasteiger partial charge in [-0.05, 0) is 31.8 Å². The fourth-order valence-corrected chi connectivity index (χ4v) is 5.04. The van der Waals surface area contributed by atoms with Gasteiger partial charge in [0.15, 0.2) is 23.5 Å². The van der Waals surface area contributed by atoms with Gasteiger partial charge < -0.3 is 40.1 Å². The van der Waals surface area contributed by atoms with E-state index in [4.69, 9.17) is 15.0 Å². The molecule has 0 aliphatic carbocycles. The van der Waals surface area contributed by atoms with Crippen LogP contribution in [0.1, 0.15) is 37.4 Å². The van der Waals surface area contributed by atoms with E-state index in [9.17, 15) is 29.6 Å². The molecule has 2 aromatic heterocycles. The SMILES string of the molecule is CCN(CC)CC.Nc1ncnc2c1ncn2[C@@H]1O[C@H](COP(=O)(O)CC(=O)c2ccccc2O)[C@@H](O)[C@H]1O. The first kappa shape index (κ1) is 30.6. The predicted molar refractivity (Wildman–Crippen MR) is 142 cm³/mol. The average Bonchev–Trinajstić information content (AvgIpc) is 3.46. The third kappa shape index (κ3) is 7.37. The zero-order valence-corrected chi connectivity index (χ0v) is 22.9. The van der Waals surface area contributed by atoms with E-state index in [-0.39, 0.29) is 28.3 Å². The van der Waals surface area contributed by atoms with Crippen molar-refractivity contribution in [3.8, 4) is 5.75 Å². The molecule has 0 amide bonds. The number of aliphatic hydroxyl groups excluding tert-OH is 2. The standard InChI is InChI=1S/C18H20N5O8P.C6H15N/c19-16-13-17(21-7-20-16)23(8-22-13)18-15(27)14(26)12(31-18)5-30-32(28,29)6-11(25)9-3-1-2-4-10(9)24;1-4-7(5-2)6-3/h1-4,7-8,12,14-15,18,24,26-27H,5-6H2,(H,28,29)(H2,19,20,21);4-6H2,1-3H3/t12-,14-,15-,18-;/m1./s1. The minimum atomic E-state index is -4.45. The van der Waals surface area contributed by atoms with Gasteiger partial charge >= 0.3 is 7.60 Å². The largest absolute Gasteiger partial charge is 0.507 e. The molecule has 6 N–H and O–H groups in total. The molecule has 0 saturated carbocycles. The van der Waals surface area contributed by atoms with Crippen molar-refractivity contribution >= 4 is 30.4 Å². The summed E-state index contributed by atoms with van der Waals surface area (Å²) in [6, 6.07) is 5.59. The van der Waals surface area contributed by atoms with Gasteiger partial charge in [0, 0.05) is 0 Å². The number of imidazole rings is 1. The summed E-state index contributed by atoms with van der Waals surface area (Å²) in [5, 5.41) is 30.5. The van der Waals surface area contributed by atoms with Crippen LogP contribution in [-0.4, -0.2) is 101 Å². The molecule has 3 heterocycles. The molecule has 1 saturated heterocycles. The van der Waals surface area contributed by atoms with Crippen LogP contribution in [0, 0.1) is 0 Å². The van der Waals surface area contributed by atoms with Gasteiger partial charge in [0.25, 0.3) is 0 Å². The highest BCUT2D eigenvalue weighted by Gasteiger charge is 2.45. The molecular formula is C24H35N6O8P. The van der Waals surface area contributed by atoms with Gasteiger partial charge in [-0.1, -0.05) is 32.9 Å². The summed E-state index contributed by atoms with van der Waals surface area (Å²) < 4.78 is 24.3. The van der Waals surface area contributed by atoms with Crippen molar-refractivity contribution in [1.29, 1.82) is 0 Å². The molecule has 0 bridgehead atoms. The Hall–Kier alpha value is -2.97. The first-order valence-corrected chi connectivity index (χ1v) is 14.2. The van der Waals surface area contributed by atoms with Crippen molar-refractivity contribution in [2.75, 3.05) is 38.1 Å². The predicted octanol–water partition coefficient (Wildman–Crippen LogP) is 1.17. The highest BCUT2D eigenvalue weighted by atomic mass is 31.2. The molecule has 4 rings (SSSR count). The molecule has 1 aliphatic rings. The zero-order valence-electron chi connectivity index (χ0n) is 22.0. The number of rotatable bonds is 10. The maximum absolute atomic E-state index is 12.4. The number of hydrogen-bond donors (Lipinski definition) is 5. The lowest BCUT2D eigenvalue weighted by Gasteiger charge is -2.18. The molecule has 0 radical (unpaired) electrons. The molecule has 15 heteroatoms. The fraction of sp³-hybridized carbons (Fsp3) is 0.500. The number of phenolic OH excluding ortho intramolecular Hbond substituents is 1. The van der Waals surface area contributed by atoms with Crippen molar-refractivity contribution in [2.24, 2.45) is 0 Å². The molecule has 214 valence electrons. The number of aromatic nitrogens is 4. The van der Waals surface area contributed by atoms with Crippen molar-refractivity contribution in [1.82, 2.24) is 24.4 Å². The quantitative estimate of drug-likeness (QED) is 0.173. The van der Waals surface area contributed by atoms with Crippen molar-refractivity contribution < 1.29 is 38.8 Å². The minimum absolute atomic E-state index is 0.119. The Labute approximate surface area is 225 Å². The molecule has 1 aliphatic heterocycles. The monoisotopic (exact) mass is 566 g/mol. The van der Waals surface area contributed by atoms with Gasteiger partial charge in [0.1, 0.15) is 42.1 Å². The van der Waals surface area contributed by atoms with E-state index in [1.54, 1.807) is 0 Å².